The molecule has 2 nitrogen and oxygen atoms in total. The fourth-order valence-corrected chi connectivity index (χ4v) is 2.15. The minimum absolute atomic E-state index is 0.827. The Balaban J connectivity index is 1.59. The summed E-state index contributed by atoms with van der Waals surface area (Å²) in [4.78, 5) is 4.48. The lowest BCUT2D eigenvalue weighted by molar-refractivity contribution is 1.15. The van der Waals surface area contributed by atoms with Crippen molar-refractivity contribution in [3.63, 3.8) is 0 Å². The fraction of sp³-hybridized carbons (Fsp3) is 0.0500. The van der Waals surface area contributed by atoms with Crippen molar-refractivity contribution in [3.8, 4) is 0 Å². The molecule has 0 radical (unpaired) electrons. The Kier molecular flexibility index (Phi) is 4.63. The van der Waals surface area contributed by atoms with Crippen molar-refractivity contribution in [2.75, 3.05) is 5.32 Å². The summed E-state index contributed by atoms with van der Waals surface area (Å²) in [5.74, 6) is 0. The van der Waals surface area contributed by atoms with Crippen LogP contribution in [0.15, 0.2) is 89.9 Å². The first-order chi connectivity index (χ1) is 10.9. The predicted octanol–water partition coefficient (Wildman–Crippen LogP) is 5.05. The van der Waals surface area contributed by atoms with Crippen LogP contribution in [-0.2, 0) is 6.54 Å². The molecule has 3 aromatic rings. The number of benzene rings is 3. The van der Waals surface area contributed by atoms with Gasteiger partial charge < -0.3 is 5.32 Å². The Morgan fingerprint density at radius 1 is 0.727 bits per heavy atom. The van der Waals surface area contributed by atoms with Crippen molar-refractivity contribution in [3.05, 3.63) is 96.1 Å². The van der Waals surface area contributed by atoms with E-state index in [0.717, 1.165) is 23.5 Å². The van der Waals surface area contributed by atoms with E-state index in [1.165, 1.54) is 5.56 Å². The average molecular weight is 286 g/mol. The number of nitrogens with zero attached hydrogens (tertiary/aromatic N) is 1. The van der Waals surface area contributed by atoms with Crippen molar-refractivity contribution in [1.29, 1.82) is 0 Å². The lowest BCUT2D eigenvalue weighted by Crippen LogP contribution is -1.98. The summed E-state index contributed by atoms with van der Waals surface area (Å²) in [5.41, 5.74) is 4.43. The molecule has 0 unspecified atom stereocenters. The predicted molar refractivity (Wildman–Crippen MR) is 93.9 cm³/mol. The van der Waals surface area contributed by atoms with Crippen molar-refractivity contribution in [2.45, 2.75) is 6.54 Å². The van der Waals surface area contributed by atoms with Crippen LogP contribution in [0.3, 0.4) is 0 Å². The first kappa shape index (κ1) is 14.1. The molecule has 0 fully saturated rings. The molecule has 3 rings (SSSR count). The van der Waals surface area contributed by atoms with Crippen LogP contribution in [0, 0.1) is 0 Å². The van der Waals surface area contributed by atoms with E-state index in [0.29, 0.717) is 0 Å². The highest BCUT2D eigenvalue weighted by Crippen LogP contribution is 2.17. The molecule has 0 bridgehead atoms. The third-order valence-electron chi connectivity index (χ3n) is 3.37. The van der Waals surface area contributed by atoms with Gasteiger partial charge in [-0.15, -0.1) is 0 Å². The molecule has 0 amide bonds. The first-order valence-corrected chi connectivity index (χ1v) is 7.37. The lowest BCUT2D eigenvalue weighted by Gasteiger charge is -2.06. The van der Waals surface area contributed by atoms with E-state index in [-0.39, 0.29) is 0 Å². The topological polar surface area (TPSA) is 24.4 Å². The standard InChI is InChI=1S/C20H18N2/c1-3-7-17(8-4-1)15-21-19-11-13-20(14-12-19)22-16-18-9-5-2-6-10-18/h1-15,22H,16H2. The van der Waals surface area contributed by atoms with Gasteiger partial charge in [0.2, 0.25) is 0 Å². The quantitative estimate of drug-likeness (QED) is 0.652. The second-order valence-electron chi connectivity index (χ2n) is 5.05. The highest BCUT2D eigenvalue weighted by molar-refractivity contribution is 5.81. The first-order valence-electron chi connectivity index (χ1n) is 7.37. The van der Waals surface area contributed by atoms with Crippen LogP contribution in [-0.4, -0.2) is 6.21 Å². The number of aliphatic imine (C=N–C) groups is 1. The molecule has 0 aliphatic heterocycles. The molecule has 108 valence electrons. The third-order valence-corrected chi connectivity index (χ3v) is 3.37. The van der Waals surface area contributed by atoms with Gasteiger partial charge in [-0.25, -0.2) is 0 Å². The summed E-state index contributed by atoms with van der Waals surface area (Å²) in [6.07, 6.45) is 1.88. The highest BCUT2D eigenvalue weighted by Gasteiger charge is 1.94. The fourth-order valence-electron chi connectivity index (χ4n) is 2.15. The summed E-state index contributed by atoms with van der Waals surface area (Å²) < 4.78 is 0. The molecule has 0 aliphatic rings. The normalized spacial score (nSPS) is 10.7. The van der Waals surface area contributed by atoms with Crippen molar-refractivity contribution in [2.24, 2.45) is 4.99 Å². The highest BCUT2D eigenvalue weighted by atomic mass is 14.9. The monoisotopic (exact) mass is 286 g/mol. The van der Waals surface area contributed by atoms with Gasteiger partial charge in [-0.05, 0) is 35.4 Å². The zero-order chi connectivity index (χ0) is 15.0. The van der Waals surface area contributed by atoms with Gasteiger partial charge in [0.1, 0.15) is 0 Å². The van der Waals surface area contributed by atoms with Gasteiger partial charge in [0, 0.05) is 18.4 Å². The summed E-state index contributed by atoms with van der Waals surface area (Å²) in [6.45, 7) is 0.827. The van der Waals surface area contributed by atoms with Crippen LogP contribution in [0.2, 0.25) is 0 Å². The van der Waals surface area contributed by atoms with E-state index < -0.39 is 0 Å². The number of hydrogen-bond donors (Lipinski definition) is 1. The Bertz CT molecular complexity index is 717. The van der Waals surface area contributed by atoms with Crippen molar-refractivity contribution >= 4 is 17.6 Å². The zero-order valence-electron chi connectivity index (χ0n) is 12.3. The summed E-state index contributed by atoms with van der Waals surface area (Å²) >= 11 is 0. The van der Waals surface area contributed by atoms with E-state index in [1.54, 1.807) is 0 Å². The number of rotatable bonds is 5. The molecular weight excluding hydrogens is 268 g/mol. The van der Waals surface area contributed by atoms with E-state index in [1.807, 2.05) is 54.7 Å². The Morgan fingerprint density at radius 3 is 2.05 bits per heavy atom. The number of hydrogen-bond acceptors (Lipinski definition) is 2. The van der Waals surface area contributed by atoms with E-state index >= 15 is 0 Å². The molecule has 22 heavy (non-hydrogen) atoms. The Hall–Kier alpha value is -2.87. The van der Waals surface area contributed by atoms with E-state index in [2.05, 4.69) is 46.7 Å². The third kappa shape index (κ3) is 4.06. The van der Waals surface area contributed by atoms with Crippen LogP contribution in [0.1, 0.15) is 11.1 Å². The van der Waals surface area contributed by atoms with Crippen LogP contribution in [0.5, 0.6) is 0 Å². The van der Waals surface area contributed by atoms with Crippen molar-refractivity contribution < 1.29 is 0 Å². The minimum atomic E-state index is 0.827. The van der Waals surface area contributed by atoms with Gasteiger partial charge in [0.25, 0.3) is 0 Å². The van der Waals surface area contributed by atoms with Crippen LogP contribution >= 0.6 is 0 Å². The number of nitrogens with one attached hydrogen (secondary N) is 1. The van der Waals surface area contributed by atoms with E-state index in [4.69, 9.17) is 0 Å². The lowest BCUT2D eigenvalue weighted by atomic mass is 10.2. The Morgan fingerprint density at radius 2 is 1.36 bits per heavy atom. The largest absolute Gasteiger partial charge is 0.381 e. The summed E-state index contributed by atoms with van der Waals surface area (Å²) in [7, 11) is 0. The van der Waals surface area contributed by atoms with Gasteiger partial charge >= 0.3 is 0 Å². The molecule has 0 aromatic heterocycles. The smallest absolute Gasteiger partial charge is 0.0631 e. The molecule has 2 heteroatoms. The molecule has 1 N–H and O–H groups in total. The molecule has 3 aromatic carbocycles. The molecule has 0 heterocycles. The molecular formula is C20H18N2. The minimum Gasteiger partial charge on any atom is -0.381 e. The number of anilines is 1. The molecule has 0 spiro atoms. The van der Waals surface area contributed by atoms with E-state index in [9.17, 15) is 0 Å². The summed E-state index contributed by atoms with van der Waals surface area (Å²) in [6, 6.07) is 28.6. The van der Waals surface area contributed by atoms with Crippen molar-refractivity contribution in [1.82, 2.24) is 0 Å². The molecule has 0 atom stereocenters. The summed E-state index contributed by atoms with van der Waals surface area (Å²) in [5, 5.41) is 3.41. The van der Waals surface area contributed by atoms with Gasteiger partial charge in [0.05, 0.1) is 5.69 Å². The van der Waals surface area contributed by atoms with Crippen LogP contribution < -0.4 is 5.32 Å². The zero-order valence-corrected chi connectivity index (χ0v) is 12.3. The SMILES string of the molecule is C(=Nc1ccc(NCc2ccccc2)cc1)c1ccccc1. The van der Waals surface area contributed by atoms with Gasteiger partial charge in [-0.2, -0.15) is 0 Å². The maximum Gasteiger partial charge on any atom is 0.0631 e. The second kappa shape index (κ2) is 7.23. The maximum absolute atomic E-state index is 4.48. The van der Waals surface area contributed by atoms with Gasteiger partial charge in [0.15, 0.2) is 0 Å². The maximum atomic E-state index is 4.48. The van der Waals surface area contributed by atoms with Gasteiger partial charge in [-0.1, -0.05) is 60.7 Å². The molecule has 0 aliphatic carbocycles. The average Bonchev–Trinajstić information content (AvgIpc) is 2.61. The molecule has 0 saturated heterocycles. The second-order valence-corrected chi connectivity index (χ2v) is 5.05. The Labute approximate surface area is 131 Å². The van der Waals surface area contributed by atoms with Crippen LogP contribution in [0.25, 0.3) is 0 Å². The van der Waals surface area contributed by atoms with Gasteiger partial charge in [-0.3, -0.25) is 4.99 Å². The van der Waals surface area contributed by atoms with Crippen LogP contribution in [0.4, 0.5) is 11.4 Å². The molecule has 0 saturated carbocycles.